The topological polar surface area (TPSA) is 178 Å². The minimum atomic E-state index is -0.662. The summed E-state index contributed by atoms with van der Waals surface area (Å²) >= 11 is 0. The predicted octanol–water partition coefficient (Wildman–Crippen LogP) is 18.8. The highest BCUT2D eigenvalue weighted by atomic mass is 16.5. The monoisotopic (exact) mass is 1380 g/mol. The lowest BCUT2D eigenvalue weighted by Gasteiger charge is -2.33. The third kappa shape index (κ3) is 37.2. The van der Waals surface area contributed by atoms with E-state index in [-0.39, 0.29) is 64.3 Å². The molecule has 0 aromatic rings. The van der Waals surface area contributed by atoms with Crippen molar-refractivity contribution in [3.8, 4) is 0 Å². The van der Waals surface area contributed by atoms with E-state index >= 15 is 0 Å². The summed E-state index contributed by atoms with van der Waals surface area (Å²) in [6, 6.07) is 0. The van der Waals surface area contributed by atoms with E-state index in [1.165, 1.54) is 72.0 Å². The first-order chi connectivity index (χ1) is 47.5. The van der Waals surface area contributed by atoms with Crippen LogP contribution in [0.15, 0.2) is 176 Å². The zero-order valence-corrected chi connectivity index (χ0v) is 64.9. The molecule has 0 bridgehead atoms. The molecule has 0 fully saturated rings. The third-order valence-corrected chi connectivity index (χ3v) is 19.3. The Morgan fingerprint density at radius 1 is 0.420 bits per heavy atom. The Labute approximate surface area is 605 Å². The molecule has 0 saturated heterocycles. The zero-order chi connectivity index (χ0) is 73.9. The smallest absolute Gasteiger partial charge is 0.244 e. The van der Waals surface area contributed by atoms with Crippen molar-refractivity contribution in [2.75, 3.05) is 65.8 Å². The van der Waals surface area contributed by atoms with Gasteiger partial charge in [0, 0.05) is 82.6 Å². The number of hydrogen-bond acceptors (Lipinski definition) is 9. The second-order valence-electron chi connectivity index (χ2n) is 30.1. The summed E-state index contributed by atoms with van der Waals surface area (Å²) in [4.78, 5) is 80.4. The largest absolute Gasteiger partial charge is 0.379 e. The Bertz CT molecular complexity index is 3150. The molecule has 0 spiro atoms. The van der Waals surface area contributed by atoms with Gasteiger partial charge in [0.25, 0.3) is 0 Å². The fourth-order valence-corrected chi connectivity index (χ4v) is 13.3. The lowest BCUT2D eigenvalue weighted by atomic mass is 9.72. The van der Waals surface area contributed by atoms with Gasteiger partial charge >= 0.3 is 0 Å². The first-order valence-electron chi connectivity index (χ1n) is 37.7. The van der Waals surface area contributed by atoms with Gasteiger partial charge in [0.1, 0.15) is 5.78 Å². The maximum Gasteiger partial charge on any atom is 0.244 e. The van der Waals surface area contributed by atoms with Crippen molar-refractivity contribution in [3.05, 3.63) is 176 Å². The summed E-state index contributed by atoms with van der Waals surface area (Å²) in [5.41, 5.74) is 14.8. The molecule has 4 amide bonds. The maximum atomic E-state index is 14.7. The van der Waals surface area contributed by atoms with Gasteiger partial charge in [-0.1, -0.05) is 186 Å². The van der Waals surface area contributed by atoms with Gasteiger partial charge < -0.3 is 35.5 Å². The molecule has 0 heterocycles. The molecule has 13 nitrogen and oxygen atoms in total. The maximum absolute atomic E-state index is 14.7. The number of Topliss-reactive ketones (excluding diaryl/α,β-unsaturated/α-hetero) is 1. The number of ketones is 2. The first-order valence-corrected chi connectivity index (χ1v) is 37.7. The molecule has 3 aliphatic carbocycles. The summed E-state index contributed by atoms with van der Waals surface area (Å²) in [5, 5.41) is 11.9. The Morgan fingerprint density at radius 3 is 1.17 bits per heavy atom. The van der Waals surface area contributed by atoms with Crippen LogP contribution in [0.1, 0.15) is 239 Å². The predicted molar refractivity (Wildman–Crippen MR) is 416 cm³/mol. The number of rotatable bonds is 46. The number of carbonyl (C=O) groups is 6. The fraction of sp³-hybridized carbons (Fsp3) is 0.586. The lowest BCUT2D eigenvalue weighted by molar-refractivity contribution is -0.132. The van der Waals surface area contributed by atoms with Crippen molar-refractivity contribution in [2.45, 2.75) is 239 Å². The van der Waals surface area contributed by atoms with E-state index in [1.54, 1.807) is 18.2 Å². The third-order valence-electron chi connectivity index (χ3n) is 19.3. The van der Waals surface area contributed by atoms with Gasteiger partial charge in [-0.25, -0.2) is 0 Å². The van der Waals surface area contributed by atoms with E-state index in [2.05, 4.69) is 147 Å². The second kappa shape index (κ2) is 48.2. The van der Waals surface area contributed by atoms with Gasteiger partial charge in [-0.05, 0) is 214 Å². The molecular formula is C87H132N4O9. The van der Waals surface area contributed by atoms with E-state index in [0.29, 0.717) is 117 Å². The molecule has 100 heavy (non-hydrogen) atoms. The van der Waals surface area contributed by atoms with Crippen molar-refractivity contribution < 1.29 is 43.0 Å². The van der Waals surface area contributed by atoms with Crippen molar-refractivity contribution in [1.82, 2.24) is 21.3 Å². The van der Waals surface area contributed by atoms with Crippen LogP contribution in [0, 0.1) is 28.1 Å². The standard InChI is InChI=1S/C87H132N4O9/c1-17-81(94)88-52-28-54-98-56-58-100-59-57-99-55-29-53-91-84(97)75(40-19-21-51-90-83(96)62-70(7)35-24-32-67(4)43-46-79-73(10)38-27-49-87(79,15)16)64-80(93)74(63-76(92)60-68(5)33-22-30-65(2)41-44-77-71(8)36-25-47-85(77,11)12)39-18-20-50-89-82(95)61-69(6)34-23-31-66(3)42-45-78-72(9)37-26-48-86(78,13)14/h22-24,30-35,41-46,60-62,74-75H,17-21,25-29,36-40,47-59,63-64H2,1-16H3,(H,88,94)(H,89,95)(H,90,96)(H,91,97)/b33-22+,34-23+,35-24+,44-41+,45-42+,46-43+,65-30+,66-31+,67-32+,68-60+,69-61+,70-62+/t74-,75-/m0/s1. The van der Waals surface area contributed by atoms with E-state index in [0.717, 1.165) is 59.1 Å². The number of amides is 4. The van der Waals surface area contributed by atoms with Crippen LogP contribution < -0.4 is 21.3 Å². The van der Waals surface area contributed by atoms with E-state index < -0.39 is 11.8 Å². The van der Waals surface area contributed by atoms with Gasteiger partial charge in [-0.15, -0.1) is 0 Å². The number of ether oxygens (including phenoxy) is 3. The average molecular weight is 1380 g/mol. The molecule has 3 rings (SSSR count). The van der Waals surface area contributed by atoms with Gasteiger partial charge in [-0.2, -0.15) is 0 Å². The zero-order valence-electron chi connectivity index (χ0n) is 64.9. The van der Waals surface area contributed by atoms with Crippen LogP contribution in [-0.4, -0.2) is 101 Å². The van der Waals surface area contributed by atoms with Crippen LogP contribution in [0.3, 0.4) is 0 Å². The number of unbranched alkanes of at least 4 members (excludes halogenated alkanes) is 2. The second-order valence-corrected chi connectivity index (χ2v) is 30.1. The molecule has 0 saturated carbocycles. The molecule has 0 aromatic carbocycles. The lowest BCUT2D eigenvalue weighted by Crippen LogP contribution is -2.34. The molecule has 0 unspecified atom stereocenters. The average Bonchev–Trinajstić information content (AvgIpc) is 0.846. The Balaban J connectivity index is 1.73. The van der Waals surface area contributed by atoms with Crippen molar-refractivity contribution in [3.63, 3.8) is 0 Å². The van der Waals surface area contributed by atoms with Crippen molar-refractivity contribution in [2.24, 2.45) is 28.1 Å². The molecule has 0 radical (unpaired) electrons. The van der Waals surface area contributed by atoms with E-state index in [1.807, 2.05) is 76.3 Å². The van der Waals surface area contributed by atoms with E-state index in [4.69, 9.17) is 14.2 Å². The quantitative estimate of drug-likeness (QED) is 0.0262. The molecule has 2 atom stereocenters. The summed E-state index contributed by atoms with van der Waals surface area (Å²) in [5.74, 6) is -2.24. The number of nitrogens with one attached hydrogen (secondary N) is 4. The molecule has 3 aliphatic rings. The Kier molecular flexibility index (Phi) is 42.1. The minimum Gasteiger partial charge on any atom is -0.379 e. The van der Waals surface area contributed by atoms with Gasteiger partial charge in [-0.3, -0.25) is 28.8 Å². The van der Waals surface area contributed by atoms with Crippen LogP contribution in [0.4, 0.5) is 0 Å². The van der Waals surface area contributed by atoms with E-state index in [9.17, 15) is 28.8 Å². The fourth-order valence-electron chi connectivity index (χ4n) is 13.3. The highest BCUT2D eigenvalue weighted by Crippen LogP contribution is 2.43. The molecule has 0 aromatic heterocycles. The molecule has 0 aliphatic heterocycles. The van der Waals surface area contributed by atoms with Crippen LogP contribution in [0.2, 0.25) is 0 Å². The number of carbonyl (C=O) groups excluding carboxylic acids is 6. The molecule has 13 heteroatoms. The summed E-state index contributed by atoms with van der Waals surface area (Å²) in [6.07, 6.45) is 51.3. The first kappa shape index (κ1) is 87.4. The van der Waals surface area contributed by atoms with Crippen LogP contribution >= 0.6 is 0 Å². The SMILES string of the molecule is CCC(=O)NCCCOCCOCCOCCCNC(=O)[C@@H](CCCCNC(=O)/C=C(C)/C=C/C=C(C)/C=C/C1=C(C)CCCC1(C)C)CC(=O)[C@@H](CCCCNC(=O)/C=C(C)/C=C/C=C(C)/C=C/C1=C(C)CCCC1(C)C)CC(=O)/C=C(C)/C=C/C=C(C)/C=C/C1=C(C)CCCC1(C)C. The highest BCUT2D eigenvalue weighted by Gasteiger charge is 2.30. The highest BCUT2D eigenvalue weighted by molar-refractivity contribution is 5.96. The van der Waals surface area contributed by atoms with Crippen LogP contribution in [0.25, 0.3) is 0 Å². The number of hydrogen-bond donors (Lipinski definition) is 4. The number of allylic oxidation sites excluding steroid dienone is 28. The van der Waals surface area contributed by atoms with Gasteiger partial charge in [0.15, 0.2) is 5.78 Å². The molecule has 554 valence electrons. The molecular weight excluding hydrogens is 1240 g/mol. The van der Waals surface area contributed by atoms with Gasteiger partial charge in [0.2, 0.25) is 23.6 Å². The van der Waals surface area contributed by atoms with Crippen LogP contribution in [0.5, 0.6) is 0 Å². The Morgan fingerprint density at radius 2 is 0.780 bits per heavy atom. The summed E-state index contributed by atoms with van der Waals surface area (Å²) in [7, 11) is 0. The Hall–Kier alpha value is -6.80. The minimum absolute atomic E-state index is 0.00807. The van der Waals surface area contributed by atoms with Crippen molar-refractivity contribution >= 4 is 35.2 Å². The summed E-state index contributed by atoms with van der Waals surface area (Å²) < 4.78 is 17.0. The molecule has 4 N–H and O–H groups in total. The van der Waals surface area contributed by atoms with Crippen LogP contribution in [-0.2, 0) is 43.0 Å². The van der Waals surface area contributed by atoms with Crippen molar-refractivity contribution in [1.29, 1.82) is 0 Å². The normalized spacial score (nSPS) is 18.2. The van der Waals surface area contributed by atoms with Gasteiger partial charge in [0.05, 0.1) is 26.4 Å². The summed E-state index contributed by atoms with van der Waals surface area (Å²) in [6.45, 7) is 38.7.